The molecule has 2 N–H and O–H groups in total. The number of hydrogen-bond acceptors (Lipinski definition) is 4. The maximum absolute atomic E-state index is 5.86. The number of hydrogen-bond donors (Lipinski definition) is 2. The number of ether oxygens (including phenoxy) is 3. The van der Waals surface area contributed by atoms with Crippen LogP contribution in [0.15, 0.2) is 36.4 Å². The van der Waals surface area contributed by atoms with Gasteiger partial charge in [-0.1, -0.05) is 0 Å². The van der Waals surface area contributed by atoms with Crippen molar-refractivity contribution in [3.8, 4) is 17.2 Å². The summed E-state index contributed by atoms with van der Waals surface area (Å²) >= 11 is 5.40. The smallest absolute Gasteiger partial charge is 0.171 e. The van der Waals surface area contributed by atoms with E-state index >= 15 is 0 Å². The second-order valence-electron chi connectivity index (χ2n) is 6.17. The molecule has 0 aliphatic carbocycles. The van der Waals surface area contributed by atoms with Crippen molar-refractivity contribution in [2.24, 2.45) is 0 Å². The van der Waals surface area contributed by atoms with Crippen LogP contribution in [0.4, 0.5) is 5.69 Å². The highest BCUT2D eigenvalue weighted by atomic mass is 32.1. The first-order valence-corrected chi connectivity index (χ1v) is 9.14. The summed E-state index contributed by atoms with van der Waals surface area (Å²) in [5.41, 5.74) is 3.13. The highest BCUT2D eigenvalue weighted by Crippen LogP contribution is 2.35. The Morgan fingerprint density at radius 1 is 1.27 bits per heavy atom. The summed E-state index contributed by atoms with van der Waals surface area (Å²) in [5.74, 6) is 2.62. The Morgan fingerprint density at radius 2 is 2.04 bits per heavy atom. The van der Waals surface area contributed by atoms with Crippen LogP contribution in [0.2, 0.25) is 0 Å². The van der Waals surface area contributed by atoms with E-state index in [9.17, 15) is 0 Å². The SMILES string of the molecule is CCOc1cc2c(cc1CNC(=S)Nc1ccc(OC)cc1)O[C@@H](C)C2. The Labute approximate surface area is 159 Å². The van der Waals surface area contributed by atoms with E-state index in [1.807, 2.05) is 37.3 Å². The van der Waals surface area contributed by atoms with E-state index in [-0.39, 0.29) is 6.10 Å². The summed E-state index contributed by atoms with van der Waals surface area (Å²) in [5, 5.41) is 6.95. The largest absolute Gasteiger partial charge is 0.497 e. The van der Waals surface area contributed by atoms with Gasteiger partial charge < -0.3 is 24.8 Å². The molecule has 0 saturated heterocycles. The van der Waals surface area contributed by atoms with E-state index < -0.39 is 0 Å². The normalized spacial score (nSPS) is 15.0. The van der Waals surface area contributed by atoms with Crippen LogP contribution in [0.3, 0.4) is 0 Å². The second-order valence-corrected chi connectivity index (χ2v) is 6.58. The average molecular weight is 372 g/mol. The number of methoxy groups -OCH3 is 1. The maximum Gasteiger partial charge on any atom is 0.171 e. The molecule has 26 heavy (non-hydrogen) atoms. The molecule has 0 spiro atoms. The molecule has 138 valence electrons. The summed E-state index contributed by atoms with van der Waals surface area (Å²) in [4.78, 5) is 0. The highest BCUT2D eigenvalue weighted by Gasteiger charge is 2.21. The van der Waals surface area contributed by atoms with Crippen LogP contribution in [0.1, 0.15) is 25.0 Å². The van der Waals surface area contributed by atoms with Gasteiger partial charge >= 0.3 is 0 Å². The quantitative estimate of drug-likeness (QED) is 0.750. The average Bonchev–Trinajstić information content (AvgIpc) is 2.99. The molecule has 0 unspecified atom stereocenters. The Bertz CT molecular complexity index is 777. The molecule has 0 amide bonds. The van der Waals surface area contributed by atoms with Gasteiger partial charge in [-0.15, -0.1) is 0 Å². The molecule has 1 aliphatic rings. The minimum Gasteiger partial charge on any atom is -0.497 e. The predicted octanol–water partition coefficient (Wildman–Crippen LogP) is 3.90. The van der Waals surface area contributed by atoms with E-state index in [2.05, 4.69) is 23.6 Å². The van der Waals surface area contributed by atoms with Crippen LogP contribution in [-0.2, 0) is 13.0 Å². The molecule has 1 heterocycles. The third-order valence-corrected chi connectivity index (χ3v) is 4.41. The van der Waals surface area contributed by atoms with E-state index in [0.717, 1.165) is 34.9 Å². The topological polar surface area (TPSA) is 51.8 Å². The van der Waals surface area contributed by atoms with E-state index in [1.54, 1.807) is 7.11 Å². The Balaban J connectivity index is 1.64. The number of benzene rings is 2. The highest BCUT2D eigenvalue weighted by molar-refractivity contribution is 7.80. The molecule has 0 bridgehead atoms. The zero-order chi connectivity index (χ0) is 18.5. The zero-order valence-corrected chi connectivity index (χ0v) is 16.1. The van der Waals surface area contributed by atoms with Gasteiger partial charge in [0, 0.05) is 29.8 Å². The van der Waals surface area contributed by atoms with Crippen molar-refractivity contribution in [2.75, 3.05) is 19.0 Å². The molecular formula is C20H24N2O3S. The molecule has 2 aromatic carbocycles. The first-order chi connectivity index (χ1) is 12.6. The minimum absolute atomic E-state index is 0.209. The standard InChI is InChI=1S/C20H24N2O3S/c1-4-24-18-10-14-9-13(2)25-19(14)11-15(18)12-21-20(26)22-16-5-7-17(23-3)8-6-16/h5-8,10-11,13H,4,9,12H2,1-3H3,(H2,21,22,26)/t13-/m0/s1. The molecule has 2 aromatic rings. The van der Waals surface area contributed by atoms with Crippen molar-refractivity contribution in [2.45, 2.75) is 32.9 Å². The first-order valence-electron chi connectivity index (χ1n) is 8.73. The van der Waals surface area contributed by atoms with Gasteiger partial charge in [-0.05, 0) is 62.5 Å². The summed E-state index contributed by atoms with van der Waals surface area (Å²) in [6.45, 7) is 5.24. The van der Waals surface area contributed by atoms with Crippen LogP contribution in [0, 0.1) is 0 Å². The van der Waals surface area contributed by atoms with Gasteiger partial charge in [-0.2, -0.15) is 0 Å². The minimum atomic E-state index is 0.209. The third-order valence-electron chi connectivity index (χ3n) is 4.17. The van der Waals surface area contributed by atoms with Crippen LogP contribution >= 0.6 is 12.2 Å². The van der Waals surface area contributed by atoms with Gasteiger partial charge in [0.05, 0.1) is 13.7 Å². The van der Waals surface area contributed by atoms with Gasteiger partial charge in [-0.25, -0.2) is 0 Å². The summed E-state index contributed by atoms with van der Waals surface area (Å²) < 4.78 is 16.8. The molecule has 0 fully saturated rings. The van der Waals surface area contributed by atoms with E-state index in [0.29, 0.717) is 18.3 Å². The number of nitrogens with one attached hydrogen (secondary N) is 2. The lowest BCUT2D eigenvalue weighted by Crippen LogP contribution is -2.28. The lowest BCUT2D eigenvalue weighted by molar-refractivity contribution is 0.254. The number of fused-ring (bicyclic) bond motifs is 1. The lowest BCUT2D eigenvalue weighted by atomic mass is 10.1. The van der Waals surface area contributed by atoms with E-state index in [1.165, 1.54) is 5.56 Å². The Morgan fingerprint density at radius 3 is 2.73 bits per heavy atom. The van der Waals surface area contributed by atoms with Crippen molar-refractivity contribution in [3.05, 3.63) is 47.5 Å². The molecule has 1 aliphatic heterocycles. The second kappa shape index (κ2) is 8.27. The van der Waals surface area contributed by atoms with Gasteiger partial charge in [0.15, 0.2) is 5.11 Å². The molecule has 0 aromatic heterocycles. The van der Waals surface area contributed by atoms with Crippen LogP contribution in [-0.4, -0.2) is 24.9 Å². The fourth-order valence-electron chi connectivity index (χ4n) is 2.93. The first kappa shape index (κ1) is 18.3. The van der Waals surface area contributed by atoms with Gasteiger partial charge in [0.25, 0.3) is 0 Å². The number of anilines is 1. The Kier molecular flexibility index (Phi) is 5.83. The monoisotopic (exact) mass is 372 g/mol. The maximum atomic E-state index is 5.86. The molecule has 0 radical (unpaired) electrons. The van der Waals surface area contributed by atoms with Crippen LogP contribution in [0.5, 0.6) is 17.2 Å². The molecule has 3 rings (SSSR count). The van der Waals surface area contributed by atoms with Crippen molar-refractivity contribution in [3.63, 3.8) is 0 Å². The fraction of sp³-hybridized carbons (Fsp3) is 0.350. The third kappa shape index (κ3) is 4.38. The Hall–Kier alpha value is -2.47. The van der Waals surface area contributed by atoms with Gasteiger partial charge in [-0.3, -0.25) is 0 Å². The van der Waals surface area contributed by atoms with Gasteiger partial charge in [0.2, 0.25) is 0 Å². The van der Waals surface area contributed by atoms with E-state index in [4.69, 9.17) is 26.4 Å². The van der Waals surface area contributed by atoms with Gasteiger partial charge in [0.1, 0.15) is 23.4 Å². The summed E-state index contributed by atoms with van der Waals surface area (Å²) in [6.07, 6.45) is 1.13. The summed E-state index contributed by atoms with van der Waals surface area (Å²) in [7, 11) is 1.64. The predicted molar refractivity (Wildman–Crippen MR) is 107 cm³/mol. The summed E-state index contributed by atoms with van der Waals surface area (Å²) in [6, 6.07) is 11.7. The molecule has 6 heteroatoms. The van der Waals surface area contributed by atoms with Crippen molar-refractivity contribution in [1.82, 2.24) is 5.32 Å². The lowest BCUT2D eigenvalue weighted by Gasteiger charge is -2.15. The van der Waals surface area contributed by atoms with Crippen LogP contribution in [0.25, 0.3) is 0 Å². The molecule has 1 atom stereocenters. The number of thiocarbonyl (C=S) groups is 1. The molecule has 0 saturated carbocycles. The molecular weight excluding hydrogens is 348 g/mol. The zero-order valence-electron chi connectivity index (χ0n) is 15.3. The van der Waals surface area contributed by atoms with Crippen molar-refractivity contribution >= 4 is 23.0 Å². The molecule has 5 nitrogen and oxygen atoms in total. The fourth-order valence-corrected chi connectivity index (χ4v) is 3.12. The number of rotatable bonds is 6. The van der Waals surface area contributed by atoms with Crippen molar-refractivity contribution < 1.29 is 14.2 Å². The van der Waals surface area contributed by atoms with Crippen LogP contribution < -0.4 is 24.8 Å². The van der Waals surface area contributed by atoms with Crippen molar-refractivity contribution in [1.29, 1.82) is 0 Å².